The van der Waals surface area contributed by atoms with Crippen LogP contribution >= 0.6 is 0 Å². The van der Waals surface area contributed by atoms with Crippen molar-refractivity contribution in [3.8, 4) is 0 Å². The van der Waals surface area contributed by atoms with E-state index in [2.05, 4.69) is 6.08 Å². The summed E-state index contributed by atoms with van der Waals surface area (Å²) in [5, 5.41) is 0. The minimum Gasteiger partial charge on any atom is -0.300 e. The topological polar surface area (TPSA) is 17.1 Å². The van der Waals surface area contributed by atoms with Crippen molar-refractivity contribution in [3.63, 3.8) is 0 Å². The van der Waals surface area contributed by atoms with E-state index in [9.17, 15) is 9.18 Å². The van der Waals surface area contributed by atoms with Crippen LogP contribution in [0.1, 0.15) is 36.8 Å². The van der Waals surface area contributed by atoms with Gasteiger partial charge in [-0.05, 0) is 36.5 Å². The summed E-state index contributed by atoms with van der Waals surface area (Å²) in [5.41, 5.74) is 1.60. The number of hydrogen-bond donors (Lipinski definition) is 0. The molecule has 1 aromatic carbocycles. The van der Waals surface area contributed by atoms with Gasteiger partial charge in [-0.3, -0.25) is 4.79 Å². The molecule has 1 saturated carbocycles. The maximum Gasteiger partial charge on any atom is 0.134 e. The number of Topliss-reactive ketones (excluding diaryl/α,β-unsaturated/α-hetero) is 1. The lowest BCUT2D eigenvalue weighted by atomic mass is 9.65. The van der Waals surface area contributed by atoms with Crippen LogP contribution in [0.15, 0.2) is 30.4 Å². The number of carbonyl (C=O) groups excluding carboxylic acids is 1. The number of benzene rings is 1. The van der Waals surface area contributed by atoms with Gasteiger partial charge in [0.25, 0.3) is 0 Å². The number of halogens is 1. The van der Waals surface area contributed by atoms with E-state index in [1.165, 1.54) is 6.07 Å². The first-order valence-corrected chi connectivity index (χ1v) is 6.19. The van der Waals surface area contributed by atoms with Crippen LogP contribution in [0.25, 0.3) is 0 Å². The molecule has 2 aliphatic carbocycles. The lowest BCUT2D eigenvalue weighted by molar-refractivity contribution is -0.121. The Morgan fingerprint density at radius 2 is 2.18 bits per heavy atom. The van der Waals surface area contributed by atoms with Crippen molar-refractivity contribution in [1.29, 1.82) is 0 Å². The minimum absolute atomic E-state index is 0.135. The predicted molar refractivity (Wildman–Crippen MR) is 64.4 cm³/mol. The molecular formula is C15H15FO. The summed E-state index contributed by atoms with van der Waals surface area (Å²) in [6, 6.07) is 5.25. The number of ketones is 1. The summed E-state index contributed by atoms with van der Waals surface area (Å²) in [5.74, 6) is 0.169. The number of carbonyl (C=O) groups is 1. The van der Waals surface area contributed by atoms with E-state index in [-0.39, 0.29) is 11.2 Å². The summed E-state index contributed by atoms with van der Waals surface area (Å²) >= 11 is 0. The highest BCUT2D eigenvalue weighted by Crippen LogP contribution is 2.43. The fourth-order valence-electron chi connectivity index (χ4n) is 3.23. The second-order valence-electron chi connectivity index (χ2n) is 5.10. The Bertz CT molecular complexity index is 504. The minimum atomic E-state index is -0.217. The van der Waals surface area contributed by atoms with Crippen molar-refractivity contribution in [3.05, 3.63) is 47.3 Å². The highest BCUT2D eigenvalue weighted by atomic mass is 19.1. The highest BCUT2D eigenvalue weighted by molar-refractivity contribution is 5.81. The average Bonchev–Trinajstić information content (AvgIpc) is 2.31. The van der Waals surface area contributed by atoms with Gasteiger partial charge in [0.2, 0.25) is 0 Å². The molecule has 3 rings (SSSR count). The molecule has 2 heteroatoms. The molecule has 0 heterocycles. The molecule has 0 saturated heterocycles. The third-order valence-electron chi connectivity index (χ3n) is 4.01. The molecular weight excluding hydrogens is 215 g/mol. The largest absolute Gasteiger partial charge is 0.300 e. The van der Waals surface area contributed by atoms with Gasteiger partial charge in [-0.2, -0.15) is 0 Å². The van der Waals surface area contributed by atoms with E-state index in [1.807, 2.05) is 12.1 Å². The van der Waals surface area contributed by atoms with Crippen molar-refractivity contribution in [2.45, 2.75) is 37.5 Å². The first kappa shape index (κ1) is 10.7. The number of fused-ring (bicyclic) bond motifs is 2. The van der Waals surface area contributed by atoms with Gasteiger partial charge in [0.1, 0.15) is 11.6 Å². The zero-order chi connectivity index (χ0) is 11.9. The fourth-order valence-corrected chi connectivity index (χ4v) is 3.23. The van der Waals surface area contributed by atoms with Gasteiger partial charge in [0, 0.05) is 18.3 Å². The van der Waals surface area contributed by atoms with Crippen LogP contribution in [0.2, 0.25) is 0 Å². The monoisotopic (exact) mass is 230 g/mol. The van der Waals surface area contributed by atoms with Gasteiger partial charge >= 0.3 is 0 Å². The van der Waals surface area contributed by atoms with Crippen LogP contribution in [0.5, 0.6) is 0 Å². The van der Waals surface area contributed by atoms with E-state index in [0.29, 0.717) is 25.0 Å². The van der Waals surface area contributed by atoms with Crippen LogP contribution in [-0.2, 0) is 16.6 Å². The molecule has 0 radical (unpaired) electrons. The molecule has 0 amide bonds. The summed E-state index contributed by atoms with van der Waals surface area (Å²) < 4.78 is 13.8. The van der Waals surface area contributed by atoms with Crippen molar-refractivity contribution >= 4 is 5.78 Å². The molecule has 0 N–H and O–H groups in total. The Balaban J connectivity index is 2.13. The van der Waals surface area contributed by atoms with Crippen LogP contribution in [0, 0.1) is 5.82 Å². The molecule has 1 unspecified atom stereocenters. The third kappa shape index (κ3) is 1.63. The second kappa shape index (κ2) is 3.80. The summed E-state index contributed by atoms with van der Waals surface area (Å²) in [6.45, 7) is 0. The van der Waals surface area contributed by atoms with E-state index in [0.717, 1.165) is 24.0 Å². The van der Waals surface area contributed by atoms with E-state index in [4.69, 9.17) is 0 Å². The first-order chi connectivity index (χ1) is 8.21. The van der Waals surface area contributed by atoms with Gasteiger partial charge in [0.15, 0.2) is 0 Å². The van der Waals surface area contributed by atoms with Crippen LogP contribution in [0.3, 0.4) is 0 Å². The smallest absolute Gasteiger partial charge is 0.134 e. The Kier molecular flexibility index (Phi) is 2.39. The van der Waals surface area contributed by atoms with Gasteiger partial charge in [-0.1, -0.05) is 24.3 Å². The quantitative estimate of drug-likeness (QED) is 0.625. The molecule has 0 aliphatic heterocycles. The standard InChI is InChI=1S/C15H15FO/c16-14-7-1-6-13-12(14)5-3-9-15(13)8-2-4-11(17)10-15/h1,3,6-7,9H,2,4-5,8,10H2. The molecule has 17 heavy (non-hydrogen) atoms. The molecule has 0 bridgehead atoms. The molecule has 1 atom stereocenters. The molecule has 2 aliphatic rings. The maximum atomic E-state index is 13.8. The average molecular weight is 230 g/mol. The SMILES string of the molecule is O=C1CCCC2(C=CCc3c(F)cccc32)C1. The van der Waals surface area contributed by atoms with Gasteiger partial charge in [-0.15, -0.1) is 0 Å². The Morgan fingerprint density at radius 3 is 3.00 bits per heavy atom. The Hall–Kier alpha value is -1.44. The van der Waals surface area contributed by atoms with E-state index >= 15 is 0 Å². The van der Waals surface area contributed by atoms with Gasteiger partial charge in [0.05, 0.1) is 0 Å². The summed E-state index contributed by atoms with van der Waals surface area (Å²) in [7, 11) is 0. The summed E-state index contributed by atoms with van der Waals surface area (Å²) in [6.07, 6.45) is 7.90. The molecule has 0 aromatic heterocycles. The van der Waals surface area contributed by atoms with Crippen molar-refractivity contribution in [2.75, 3.05) is 0 Å². The normalized spacial score (nSPS) is 27.2. The lowest BCUT2D eigenvalue weighted by Crippen LogP contribution is -2.34. The van der Waals surface area contributed by atoms with Gasteiger partial charge in [-0.25, -0.2) is 4.39 Å². The maximum absolute atomic E-state index is 13.8. The Labute approximate surface area is 100 Å². The van der Waals surface area contributed by atoms with E-state index < -0.39 is 0 Å². The number of allylic oxidation sites excluding steroid dienone is 2. The third-order valence-corrected chi connectivity index (χ3v) is 4.01. The number of hydrogen-bond acceptors (Lipinski definition) is 1. The first-order valence-electron chi connectivity index (χ1n) is 6.19. The zero-order valence-corrected chi connectivity index (χ0v) is 9.71. The van der Waals surface area contributed by atoms with Crippen molar-refractivity contribution in [1.82, 2.24) is 0 Å². The predicted octanol–water partition coefficient (Wildman–Crippen LogP) is 3.32. The van der Waals surface area contributed by atoms with Gasteiger partial charge < -0.3 is 0 Å². The van der Waals surface area contributed by atoms with Crippen molar-refractivity contribution < 1.29 is 9.18 Å². The number of rotatable bonds is 0. The van der Waals surface area contributed by atoms with E-state index in [1.54, 1.807) is 6.07 Å². The van der Waals surface area contributed by atoms with Crippen LogP contribution in [0.4, 0.5) is 4.39 Å². The molecule has 1 spiro atoms. The zero-order valence-electron chi connectivity index (χ0n) is 9.71. The Morgan fingerprint density at radius 1 is 1.29 bits per heavy atom. The molecule has 1 fully saturated rings. The highest BCUT2D eigenvalue weighted by Gasteiger charge is 2.38. The second-order valence-corrected chi connectivity index (χ2v) is 5.10. The fraction of sp³-hybridized carbons (Fsp3) is 0.400. The van der Waals surface area contributed by atoms with Crippen LogP contribution in [-0.4, -0.2) is 5.78 Å². The molecule has 88 valence electrons. The van der Waals surface area contributed by atoms with Crippen LogP contribution < -0.4 is 0 Å². The molecule has 1 aromatic rings. The lowest BCUT2D eigenvalue weighted by Gasteiger charge is -2.38. The van der Waals surface area contributed by atoms with Crippen molar-refractivity contribution in [2.24, 2.45) is 0 Å². The summed E-state index contributed by atoms with van der Waals surface area (Å²) in [4.78, 5) is 11.7. The molecule has 1 nitrogen and oxygen atoms in total.